The molecule has 0 aliphatic heterocycles. The van der Waals surface area contributed by atoms with E-state index in [1.54, 1.807) is 12.4 Å². The van der Waals surface area contributed by atoms with E-state index in [4.69, 9.17) is 4.42 Å². The maximum Gasteiger partial charge on any atom is 0.182 e. The van der Waals surface area contributed by atoms with Gasteiger partial charge in [-0.05, 0) is 23.8 Å². The second kappa shape index (κ2) is 5.92. The van der Waals surface area contributed by atoms with Crippen LogP contribution < -0.4 is 5.32 Å². The first-order valence-corrected chi connectivity index (χ1v) is 8.03. The van der Waals surface area contributed by atoms with Gasteiger partial charge in [0.25, 0.3) is 0 Å². The second-order valence-corrected chi connectivity index (χ2v) is 5.85. The average molecular weight is 343 g/mol. The molecule has 0 saturated heterocycles. The molecule has 0 atom stereocenters. The van der Waals surface area contributed by atoms with Gasteiger partial charge in [0, 0.05) is 23.4 Å². The number of hydrogen-bond acceptors (Lipinski definition) is 7. The number of anilines is 2. The van der Waals surface area contributed by atoms with E-state index in [9.17, 15) is 0 Å². The summed E-state index contributed by atoms with van der Waals surface area (Å²) in [5, 5.41) is 12.1. The van der Waals surface area contributed by atoms with E-state index in [0.29, 0.717) is 23.9 Å². The summed E-state index contributed by atoms with van der Waals surface area (Å²) in [6, 6.07) is 8.01. The maximum atomic E-state index is 5.02. The molecule has 8 nitrogen and oxygen atoms in total. The van der Waals surface area contributed by atoms with E-state index < -0.39 is 0 Å². The van der Waals surface area contributed by atoms with Crippen molar-refractivity contribution in [3.63, 3.8) is 0 Å². The van der Waals surface area contributed by atoms with Gasteiger partial charge in [-0.25, -0.2) is 9.97 Å². The third kappa shape index (κ3) is 2.63. The zero-order chi connectivity index (χ0) is 17.3. The van der Waals surface area contributed by atoms with Crippen molar-refractivity contribution in [2.75, 3.05) is 5.32 Å². The van der Waals surface area contributed by atoms with Crippen LogP contribution in [0.25, 0.3) is 21.8 Å². The molecule has 0 aliphatic rings. The van der Waals surface area contributed by atoms with Crippen LogP contribution in [0.1, 0.15) is 11.4 Å². The van der Waals surface area contributed by atoms with Crippen molar-refractivity contribution < 1.29 is 4.42 Å². The summed E-state index contributed by atoms with van der Waals surface area (Å²) < 4.78 is 5.02. The van der Waals surface area contributed by atoms with Crippen LogP contribution in [-0.2, 0) is 6.42 Å². The van der Waals surface area contributed by atoms with Gasteiger partial charge in [0.2, 0.25) is 0 Å². The number of nitrogens with one attached hydrogen (secondary N) is 2. The summed E-state index contributed by atoms with van der Waals surface area (Å²) in [5.41, 5.74) is 2.88. The number of rotatable bonds is 4. The number of nitrogens with zero attached hydrogens (tertiary/aromatic N) is 5. The zero-order valence-electron chi connectivity index (χ0n) is 13.5. The molecule has 0 aliphatic carbocycles. The van der Waals surface area contributed by atoms with Crippen molar-refractivity contribution in [2.24, 2.45) is 0 Å². The first-order chi connectivity index (χ1) is 12.8. The molecule has 0 bridgehead atoms. The molecule has 5 rings (SSSR count). The predicted molar refractivity (Wildman–Crippen MR) is 96.0 cm³/mol. The quantitative estimate of drug-likeness (QED) is 0.516. The Morgan fingerprint density at radius 2 is 2.12 bits per heavy atom. The van der Waals surface area contributed by atoms with Gasteiger partial charge in [0.05, 0.1) is 23.4 Å². The van der Waals surface area contributed by atoms with E-state index in [0.717, 1.165) is 27.4 Å². The molecular weight excluding hydrogens is 330 g/mol. The number of pyridine rings is 1. The highest BCUT2D eigenvalue weighted by molar-refractivity contribution is 5.89. The summed E-state index contributed by atoms with van der Waals surface area (Å²) in [5.74, 6) is 1.96. The van der Waals surface area contributed by atoms with Crippen LogP contribution >= 0.6 is 0 Å². The predicted octanol–water partition coefficient (Wildman–Crippen LogP) is 3.22. The molecule has 0 spiro atoms. The molecule has 4 heterocycles. The number of hydrogen-bond donors (Lipinski definition) is 2. The summed E-state index contributed by atoms with van der Waals surface area (Å²) in [7, 11) is 0. The van der Waals surface area contributed by atoms with Crippen LogP contribution in [0.4, 0.5) is 11.6 Å². The fourth-order valence-corrected chi connectivity index (χ4v) is 2.88. The standard InChI is InChI=1S/C18H13N7O/c1-2-14-12(7-21-25-14)5-11(1)6-16-22-15-8-19-4-3-13(15)18(23-16)24-17-9-26-10-20-17/h1-5,7-10H,6H2,(H,21,25)(H,22,23,24). The third-order valence-electron chi connectivity index (χ3n) is 4.09. The van der Waals surface area contributed by atoms with Crippen molar-refractivity contribution in [1.29, 1.82) is 0 Å². The van der Waals surface area contributed by atoms with Gasteiger partial charge < -0.3 is 9.73 Å². The number of aromatic nitrogens is 6. The molecule has 4 aromatic heterocycles. The van der Waals surface area contributed by atoms with Crippen molar-refractivity contribution in [3.8, 4) is 0 Å². The number of aromatic amines is 1. The Hall–Kier alpha value is -3.81. The van der Waals surface area contributed by atoms with Gasteiger partial charge in [-0.3, -0.25) is 10.1 Å². The molecule has 26 heavy (non-hydrogen) atoms. The van der Waals surface area contributed by atoms with E-state index in [2.05, 4.69) is 41.5 Å². The molecule has 0 amide bonds. The highest BCUT2D eigenvalue weighted by Crippen LogP contribution is 2.23. The lowest BCUT2D eigenvalue weighted by Crippen LogP contribution is -2.03. The van der Waals surface area contributed by atoms with E-state index in [1.165, 1.54) is 12.7 Å². The number of H-pyrrole nitrogens is 1. The number of oxazole rings is 1. The lowest BCUT2D eigenvalue weighted by Gasteiger charge is -2.09. The normalized spacial score (nSPS) is 11.2. The molecule has 0 unspecified atom stereocenters. The summed E-state index contributed by atoms with van der Waals surface area (Å²) in [6.45, 7) is 0. The van der Waals surface area contributed by atoms with Crippen molar-refractivity contribution in [2.45, 2.75) is 6.42 Å². The summed E-state index contributed by atoms with van der Waals surface area (Å²) in [4.78, 5) is 17.6. The minimum Gasteiger partial charge on any atom is -0.449 e. The molecule has 0 radical (unpaired) electrons. The molecule has 126 valence electrons. The van der Waals surface area contributed by atoms with E-state index in [-0.39, 0.29) is 0 Å². The molecule has 2 N–H and O–H groups in total. The molecule has 8 heteroatoms. The fraction of sp³-hybridized carbons (Fsp3) is 0.0556. The lowest BCUT2D eigenvalue weighted by atomic mass is 10.1. The van der Waals surface area contributed by atoms with Gasteiger partial charge in [-0.1, -0.05) is 6.07 Å². The first-order valence-electron chi connectivity index (χ1n) is 8.03. The van der Waals surface area contributed by atoms with Crippen LogP contribution in [-0.4, -0.2) is 30.1 Å². The maximum absolute atomic E-state index is 5.02. The van der Waals surface area contributed by atoms with Crippen LogP contribution in [0.5, 0.6) is 0 Å². The summed E-state index contributed by atoms with van der Waals surface area (Å²) in [6.07, 6.45) is 8.75. The van der Waals surface area contributed by atoms with Crippen LogP contribution in [0.2, 0.25) is 0 Å². The Morgan fingerprint density at radius 3 is 3.04 bits per heavy atom. The minimum absolute atomic E-state index is 0.590. The SMILES string of the molecule is c1cc2c(Nc3cocn3)nc(Cc3ccc4[nH]ncc4c3)nc2cn1. The van der Waals surface area contributed by atoms with Gasteiger partial charge in [-0.15, -0.1) is 0 Å². The highest BCUT2D eigenvalue weighted by atomic mass is 16.3. The highest BCUT2D eigenvalue weighted by Gasteiger charge is 2.10. The largest absolute Gasteiger partial charge is 0.449 e. The van der Waals surface area contributed by atoms with Crippen molar-refractivity contribution >= 4 is 33.4 Å². The van der Waals surface area contributed by atoms with Crippen LogP contribution in [0.15, 0.2) is 59.9 Å². The lowest BCUT2D eigenvalue weighted by molar-refractivity contribution is 0.558. The van der Waals surface area contributed by atoms with E-state index in [1.807, 2.05) is 24.4 Å². The average Bonchev–Trinajstić information content (AvgIpc) is 3.33. The van der Waals surface area contributed by atoms with E-state index >= 15 is 0 Å². The summed E-state index contributed by atoms with van der Waals surface area (Å²) >= 11 is 0. The molecule has 0 fully saturated rings. The third-order valence-corrected chi connectivity index (χ3v) is 4.09. The topological polar surface area (TPSA) is 105 Å². The Bertz CT molecular complexity index is 1200. The van der Waals surface area contributed by atoms with Crippen molar-refractivity contribution in [3.05, 3.63) is 66.9 Å². The number of benzene rings is 1. The Labute approximate surface area is 147 Å². The molecular formula is C18H13N7O. The van der Waals surface area contributed by atoms with Crippen molar-refractivity contribution in [1.82, 2.24) is 30.1 Å². The van der Waals surface area contributed by atoms with Gasteiger partial charge >= 0.3 is 0 Å². The number of fused-ring (bicyclic) bond motifs is 2. The minimum atomic E-state index is 0.590. The molecule has 0 saturated carbocycles. The Morgan fingerprint density at radius 1 is 1.12 bits per heavy atom. The van der Waals surface area contributed by atoms with Crippen LogP contribution in [0.3, 0.4) is 0 Å². The molecule has 1 aromatic carbocycles. The van der Waals surface area contributed by atoms with Crippen LogP contribution in [0, 0.1) is 0 Å². The monoisotopic (exact) mass is 343 g/mol. The smallest absolute Gasteiger partial charge is 0.182 e. The van der Waals surface area contributed by atoms with Gasteiger partial charge in [-0.2, -0.15) is 10.1 Å². The Kier molecular flexibility index (Phi) is 3.31. The fourth-order valence-electron chi connectivity index (χ4n) is 2.88. The zero-order valence-corrected chi connectivity index (χ0v) is 13.5. The first kappa shape index (κ1) is 14.5. The molecule has 5 aromatic rings. The Balaban J connectivity index is 1.56. The van der Waals surface area contributed by atoms with Gasteiger partial charge in [0.1, 0.15) is 17.9 Å². The van der Waals surface area contributed by atoms with Gasteiger partial charge in [0.15, 0.2) is 12.2 Å². The second-order valence-electron chi connectivity index (χ2n) is 5.85.